The molecule has 0 saturated heterocycles. The molecule has 0 amide bonds. The first kappa shape index (κ1) is 11.3. The zero-order valence-electron chi connectivity index (χ0n) is 9.53. The van der Waals surface area contributed by atoms with Crippen molar-refractivity contribution in [3.63, 3.8) is 0 Å². The molecule has 2 aromatic heterocycles. The molecule has 0 aromatic carbocycles. The predicted molar refractivity (Wildman–Crippen MR) is 69.7 cm³/mol. The Balaban J connectivity index is 2.14. The lowest BCUT2D eigenvalue weighted by molar-refractivity contribution is 0.698. The van der Waals surface area contributed by atoms with Crippen LogP contribution in [0.1, 0.15) is 37.3 Å². The molecule has 6 heteroatoms. The summed E-state index contributed by atoms with van der Waals surface area (Å²) in [6, 6.07) is 0. The van der Waals surface area contributed by atoms with E-state index in [0.717, 1.165) is 16.7 Å². The fourth-order valence-electron chi connectivity index (χ4n) is 2.48. The quantitative estimate of drug-likeness (QED) is 0.515. The number of halogens is 1. The molecular weight excluding hydrogens is 256 g/mol. The summed E-state index contributed by atoms with van der Waals surface area (Å²) < 4.78 is 0. The summed E-state index contributed by atoms with van der Waals surface area (Å²) in [5.74, 6) is 0.518. The molecular formula is C11H13ClN4S. The summed E-state index contributed by atoms with van der Waals surface area (Å²) in [5.41, 5.74) is 1.81. The van der Waals surface area contributed by atoms with E-state index >= 15 is 0 Å². The van der Waals surface area contributed by atoms with Gasteiger partial charge in [0.25, 0.3) is 0 Å². The maximum absolute atomic E-state index is 6.24. The van der Waals surface area contributed by atoms with Crippen LogP contribution in [-0.2, 0) is 0 Å². The lowest BCUT2D eigenvalue weighted by Crippen LogP contribution is -1.95. The molecule has 0 radical (unpaired) electrons. The van der Waals surface area contributed by atoms with Crippen LogP contribution in [0.4, 0.5) is 0 Å². The molecule has 1 fully saturated rings. The van der Waals surface area contributed by atoms with Gasteiger partial charge >= 0.3 is 0 Å². The Morgan fingerprint density at radius 1 is 1.29 bits per heavy atom. The molecule has 0 spiro atoms. The van der Waals surface area contributed by atoms with Gasteiger partial charge in [-0.05, 0) is 19.1 Å². The van der Waals surface area contributed by atoms with Crippen molar-refractivity contribution in [1.82, 2.24) is 20.2 Å². The number of nitrogens with zero attached hydrogens (tertiary/aromatic N) is 3. The zero-order valence-corrected chi connectivity index (χ0v) is 11.1. The highest BCUT2D eigenvalue weighted by Crippen LogP contribution is 2.38. The van der Waals surface area contributed by atoms with Crippen LogP contribution in [0.3, 0.4) is 0 Å². The lowest BCUT2D eigenvalue weighted by atomic mass is 10.0. The summed E-state index contributed by atoms with van der Waals surface area (Å²) in [6.07, 6.45) is 6.88. The van der Waals surface area contributed by atoms with E-state index in [9.17, 15) is 0 Å². The molecule has 3 rings (SSSR count). The standard InChI is InChI=1S/C11H13ClN4S/c1-17-11-13-9(12)7-8(6-4-2-3-5-6)15-16-10(7)14-11/h6H,2-5H2,1H3,(H,13,14,15,16). The summed E-state index contributed by atoms with van der Waals surface area (Å²) in [6.45, 7) is 0. The average molecular weight is 269 g/mol. The van der Waals surface area contributed by atoms with E-state index in [1.807, 2.05) is 6.26 Å². The number of aromatic amines is 1. The van der Waals surface area contributed by atoms with Gasteiger partial charge in [-0.3, -0.25) is 5.10 Å². The van der Waals surface area contributed by atoms with E-state index < -0.39 is 0 Å². The van der Waals surface area contributed by atoms with Crippen molar-refractivity contribution in [2.24, 2.45) is 0 Å². The van der Waals surface area contributed by atoms with Gasteiger partial charge in [0, 0.05) is 5.92 Å². The van der Waals surface area contributed by atoms with Crippen molar-refractivity contribution in [2.45, 2.75) is 36.8 Å². The van der Waals surface area contributed by atoms with Gasteiger partial charge in [-0.25, -0.2) is 9.97 Å². The van der Waals surface area contributed by atoms with Crippen molar-refractivity contribution in [1.29, 1.82) is 0 Å². The molecule has 1 saturated carbocycles. The van der Waals surface area contributed by atoms with Crippen LogP contribution in [0.15, 0.2) is 5.16 Å². The Kier molecular flexibility index (Phi) is 2.96. The van der Waals surface area contributed by atoms with Gasteiger partial charge in [-0.2, -0.15) is 5.10 Å². The average Bonchev–Trinajstić information content (AvgIpc) is 2.96. The number of hydrogen-bond acceptors (Lipinski definition) is 4. The highest BCUT2D eigenvalue weighted by atomic mass is 35.5. The Hall–Kier alpha value is -0.810. The van der Waals surface area contributed by atoms with E-state index in [4.69, 9.17) is 11.6 Å². The number of H-pyrrole nitrogens is 1. The van der Waals surface area contributed by atoms with Crippen LogP contribution in [0, 0.1) is 0 Å². The molecule has 2 heterocycles. The highest BCUT2D eigenvalue weighted by molar-refractivity contribution is 7.98. The van der Waals surface area contributed by atoms with Crippen molar-refractivity contribution in [2.75, 3.05) is 6.26 Å². The molecule has 1 N–H and O–H groups in total. The second kappa shape index (κ2) is 4.46. The van der Waals surface area contributed by atoms with Crippen molar-refractivity contribution >= 4 is 34.4 Å². The molecule has 1 aliphatic carbocycles. The third kappa shape index (κ3) is 1.91. The van der Waals surface area contributed by atoms with Crippen molar-refractivity contribution < 1.29 is 0 Å². The number of rotatable bonds is 2. The van der Waals surface area contributed by atoms with Gasteiger partial charge < -0.3 is 0 Å². The molecule has 0 aliphatic heterocycles. The number of hydrogen-bond donors (Lipinski definition) is 1. The number of thioether (sulfide) groups is 1. The van der Waals surface area contributed by atoms with Gasteiger partial charge in [-0.1, -0.05) is 36.2 Å². The smallest absolute Gasteiger partial charge is 0.190 e. The van der Waals surface area contributed by atoms with Crippen LogP contribution in [0.5, 0.6) is 0 Å². The minimum Gasteiger partial charge on any atom is -0.260 e. The normalized spacial score (nSPS) is 17.1. The fraction of sp³-hybridized carbons (Fsp3) is 0.545. The molecule has 90 valence electrons. The Morgan fingerprint density at radius 2 is 2.06 bits per heavy atom. The van der Waals surface area contributed by atoms with Gasteiger partial charge in [-0.15, -0.1) is 0 Å². The molecule has 4 nitrogen and oxygen atoms in total. The monoisotopic (exact) mass is 268 g/mol. The molecule has 0 bridgehead atoms. The van der Waals surface area contributed by atoms with E-state index in [0.29, 0.717) is 16.2 Å². The van der Waals surface area contributed by atoms with Crippen LogP contribution < -0.4 is 0 Å². The predicted octanol–water partition coefficient (Wildman–Crippen LogP) is 3.39. The third-order valence-electron chi connectivity index (χ3n) is 3.31. The SMILES string of the molecule is CSc1nc(Cl)c2c(C3CCCC3)n[nH]c2n1. The molecule has 0 unspecified atom stereocenters. The third-order valence-corrected chi connectivity index (χ3v) is 4.13. The minimum atomic E-state index is 0.518. The maximum atomic E-state index is 6.24. The Morgan fingerprint density at radius 3 is 2.76 bits per heavy atom. The Bertz CT molecular complexity index is 548. The van der Waals surface area contributed by atoms with Gasteiger partial charge in [0.15, 0.2) is 10.8 Å². The summed E-state index contributed by atoms with van der Waals surface area (Å²) in [5, 5.41) is 9.49. The summed E-state index contributed by atoms with van der Waals surface area (Å²) >= 11 is 7.73. The second-order valence-corrected chi connectivity index (χ2v) is 5.45. The zero-order chi connectivity index (χ0) is 11.8. The second-order valence-electron chi connectivity index (χ2n) is 4.31. The number of nitrogens with one attached hydrogen (secondary N) is 1. The van der Waals surface area contributed by atoms with Gasteiger partial charge in [0.1, 0.15) is 5.15 Å². The number of fused-ring (bicyclic) bond motifs is 1. The molecule has 2 aromatic rings. The van der Waals surface area contributed by atoms with E-state index in [1.54, 1.807) is 0 Å². The summed E-state index contributed by atoms with van der Waals surface area (Å²) in [4.78, 5) is 8.68. The van der Waals surface area contributed by atoms with Crippen LogP contribution in [0.25, 0.3) is 11.0 Å². The molecule has 17 heavy (non-hydrogen) atoms. The topological polar surface area (TPSA) is 54.5 Å². The first-order valence-corrected chi connectivity index (χ1v) is 7.35. The van der Waals surface area contributed by atoms with Crippen LogP contribution in [0.2, 0.25) is 5.15 Å². The molecule has 0 atom stereocenters. The van der Waals surface area contributed by atoms with Crippen LogP contribution in [-0.4, -0.2) is 26.4 Å². The first-order valence-electron chi connectivity index (χ1n) is 5.75. The van der Waals surface area contributed by atoms with E-state index in [2.05, 4.69) is 20.2 Å². The first-order chi connectivity index (χ1) is 8.29. The fourth-order valence-corrected chi connectivity index (χ4v) is 3.16. The van der Waals surface area contributed by atoms with E-state index in [1.165, 1.54) is 37.4 Å². The van der Waals surface area contributed by atoms with Crippen molar-refractivity contribution in [3.05, 3.63) is 10.8 Å². The Labute approximate surface area is 109 Å². The number of aromatic nitrogens is 4. The van der Waals surface area contributed by atoms with Crippen LogP contribution >= 0.6 is 23.4 Å². The lowest BCUT2D eigenvalue weighted by Gasteiger charge is -2.05. The minimum absolute atomic E-state index is 0.518. The van der Waals surface area contributed by atoms with Crippen molar-refractivity contribution in [3.8, 4) is 0 Å². The summed E-state index contributed by atoms with van der Waals surface area (Å²) in [7, 11) is 0. The maximum Gasteiger partial charge on any atom is 0.190 e. The largest absolute Gasteiger partial charge is 0.260 e. The molecule has 1 aliphatic rings. The van der Waals surface area contributed by atoms with E-state index in [-0.39, 0.29) is 0 Å². The van der Waals surface area contributed by atoms with Gasteiger partial charge in [0.05, 0.1) is 11.1 Å². The van der Waals surface area contributed by atoms with Gasteiger partial charge in [0.2, 0.25) is 0 Å². The highest BCUT2D eigenvalue weighted by Gasteiger charge is 2.24.